The van der Waals surface area contributed by atoms with Crippen molar-refractivity contribution in [3.8, 4) is 0 Å². The van der Waals surface area contributed by atoms with Crippen molar-refractivity contribution in [3.63, 3.8) is 0 Å². The SMILES string of the molecule is CCc1cc(CNC(=O)N(Cc2ccccc2F)C2CCC2)[nH]n1. The number of aromatic nitrogens is 2. The minimum absolute atomic E-state index is 0.157. The second-order valence-electron chi connectivity index (χ2n) is 6.20. The fourth-order valence-electron chi connectivity index (χ4n) is 2.83. The molecule has 2 aromatic rings. The third kappa shape index (κ3) is 3.75. The number of amides is 2. The number of rotatable bonds is 6. The smallest absolute Gasteiger partial charge is 0.318 e. The van der Waals surface area contributed by atoms with Gasteiger partial charge in [-0.2, -0.15) is 5.10 Å². The quantitative estimate of drug-likeness (QED) is 0.853. The highest BCUT2D eigenvalue weighted by molar-refractivity contribution is 5.74. The Labute approximate surface area is 141 Å². The van der Waals surface area contributed by atoms with Crippen molar-refractivity contribution >= 4 is 6.03 Å². The van der Waals surface area contributed by atoms with Gasteiger partial charge in [0.05, 0.1) is 24.5 Å². The normalized spacial score (nSPS) is 14.2. The Morgan fingerprint density at radius 3 is 2.83 bits per heavy atom. The molecule has 0 radical (unpaired) electrons. The average Bonchev–Trinajstić information content (AvgIpc) is 3.00. The summed E-state index contributed by atoms with van der Waals surface area (Å²) in [5, 5.41) is 10.0. The summed E-state index contributed by atoms with van der Waals surface area (Å²) in [5.41, 5.74) is 2.40. The molecule has 6 heteroatoms. The largest absolute Gasteiger partial charge is 0.332 e. The van der Waals surface area contributed by atoms with E-state index in [2.05, 4.69) is 15.5 Å². The van der Waals surface area contributed by atoms with Gasteiger partial charge in [0.15, 0.2) is 0 Å². The number of H-pyrrole nitrogens is 1. The Balaban J connectivity index is 1.64. The highest BCUT2D eigenvalue weighted by atomic mass is 19.1. The van der Waals surface area contributed by atoms with Gasteiger partial charge in [-0.25, -0.2) is 9.18 Å². The van der Waals surface area contributed by atoms with E-state index in [4.69, 9.17) is 0 Å². The molecule has 0 atom stereocenters. The second kappa shape index (κ2) is 7.47. The van der Waals surface area contributed by atoms with E-state index < -0.39 is 0 Å². The van der Waals surface area contributed by atoms with Gasteiger partial charge < -0.3 is 10.2 Å². The van der Waals surface area contributed by atoms with E-state index in [1.165, 1.54) is 6.07 Å². The average molecular weight is 330 g/mol. The minimum Gasteiger partial charge on any atom is -0.332 e. The summed E-state index contributed by atoms with van der Waals surface area (Å²) >= 11 is 0. The summed E-state index contributed by atoms with van der Waals surface area (Å²) in [4.78, 5) is 14.3. The molecule has 0 aliphatic heterocycles. The fourth-order valence-corrected chi connectivity index (χ4v) is 2.83. The molecule has 0 spiro atoms. The number of carbonyl (C=O) groups is 1. The van der Waals surface area contributed by atoms with Crippen LogP contribution in [0.3, 0.4) is 0 Å². The van der Waals surface area contributed by atoms with Crippen molar-refractivity contribution in [3.05, 3.63) is 53.1 Å². The highest BCUT2D eigenvalue weighted by Gasteiger charge is 2.29. The first-order valence-corrected chi connectivity index (χ1v) is 8.48. The molecule has 0 unspecified atom stereocenters. The van der Waals surface area contributed by atoms with Crippen LogP contribution in [0.2, 0.25) is 0 Å². The lowest BCUT2D eigenvalue weighted by Gasteiger charge is -2.37. The Hall–Kier alpha value is -2.37. The number of nitrogens with zero attached hydrogens (tertiary/aromatic N) is 2. The molecule has 1 aliphatic rings. The summed E-state index contributed by atoms with van der Waals surface area (Å²) in [6.07, 6.45) is 3.93. The van der Waals surface area contributed by atoms with E-state index in [1.807, 2.05) is 13.0 Å². The number of hydrogen-bond donors (Lipinski definition) is 2. The molecule has 1 aromatic heterocycles. The van der Waals surface area contributed by atoms with Crippen LogP contribution in [0, 0.1) is 5.82 Å². The monoisotopic (exact) mass is 330 g/mol. The first kappa shape index (κ1) is 16.5. The van der Waals surface area contributed by atoms with E-state index in [1.54, 1.807) is 23.1 Å². The van der Waals surface area contributed by atoms with Crippen LogP contribution in [-0.4, -0.2) is 27.2 Å². The zero-order chi connectivity index (χ0) is 16.9. The molecule has 1 fully saturated rings. The number of halogens is 1. The zero-order valence-corrected chi connectivity index (χ0v) is 13.9. The van der Waals surface area contributed by atoms with Gasteiger partial charge in [0.2, 0.25) is 0 Å². The number of benzene rings is 1. The lowest BCUT2D eigenvalue weighted by atomic mass is 9.91. The Morgan fingerprint density at radius 1 is 1.42 bits per heavy atom. The van der Waals surface area contributed by atoms with Crippen LogP contribution in [-0.2, 0) is 19.5 Å². The molecule has 0 bridgehead atoms. The lowest BCUT2D eigenvalue weighted by Crippen LogP contribution is -2.48. The van der Waals surface area contributed by atoms with Gasteiger partial charge in [-0.15, -0.1) is 0 Å². The van der Waals surface area contributed by atoms with Crippen molar-refractivity contribution < 1.29 is 9.18 Å². The number of aromatic amines is 1. The lowest BCUT2D eigenvalue weighted by molar-refractivity contribution is 0.131. The van der Waals surface area contributed by atoms with E-state index in [0.29, 0.717) is 18.7 Å². The molecule has 1 aromatic carbocycles. The molecule has 128 valence electrons. The minimum atomic E-state index is -0.268. The van der Waals surface area contributed by atoms with Crippen LogP contribution in [0.15, 0.2) is 30.3 Å². The van der Waals surface area contributed by atoms with E-state index in [9.17, 15) is 9.18 Å². The zero-order valence-electron chi connectivity index (χ0n) is 13.9. The van der Waals surface area contributed by atoms with E-state index in [-0.39, 0.29) is 17.9 Å². The molecule has 24 heavy (non-hydrogen) atoms. The topological polar surface area (TPSA) is 61.0 Å². The maximum Gasteiger partial charge on any atom is 0.318 e. The van der Waals surface area contributed by atoms with Crippen LogP contribution in [0.5, 0.6) is 0 Å². The molecular weight excluding hydrogens is 307 g/mol. The second-order valence-corrected chi connectivity index (χ2v) is 6.20. The predicted octanol–water partition coefficient (Wildman–Crippen LogP) is 3.38. The van der Waals surface area contributed by atoms with Gasteiger partial charge in [0.25, 0.3) is 0 Å². The van der Waals surface area contributed by atoms with Crippen LogP contribution in [0.25, 0.3) is 0 Å². The molecule has 3 rings (SSSR count). The Kier molecular flexibility index (Phi) is 5.13. The van der Waals surface area contributed by atoms with Crippen LogP contribution < -0.4 is 5.32 Å². The standard InChI is InChI=1S/C18H23FN4O/c1-2-14-10-15(22-21-14)11-20-18(24)23(16-7-5-8-16)12-13-6-3-4-9-17(13)19/h3-4,6,9-10,16H,2,5,7-8,11-12H2,1H3,(H,20,24)(H,21,22). The molecule has 1 heterocycles. The first-order valence-electron chi connectivity index (χ1n) is 8.48. The number of nitrogens with one attached hydrogen (secondary N) is 2. The summed E-state index contributed by atoms with van der Waals surface area (Å²) in [7, 11) is 0. The van der Waals surface area contributed by atoms with Gasteiger partial charge in [-0.1, -0.05) is 25.1 Å². The van der Waals surface area contributed by atoms with Gasteiger partial charge in [0, 0.05) is 11.6 Å². The van der Waals surface area contributed by atoms with Crippen molar-refractivity contribution in [2.24, 2.45) is 0 Å². The van der Waals surface area contributed by atoms with Crippen molar-refractivity contribution in [1.29, 1.82) is 0 Å². The molecule has 2 N–H and O–H groups in total. The summed E-state index contributed by atoms with van der Waals surface area (Å²) in [6.45, 7) is 2.73. The maximum absolute atomic E-state index is 13.9. The van der Waals surface area contributed by atoms with Gasteiger partial charge in [0.1, 0.15) is 5.82 Å². The third-order valence-electron chi connectivity index (χ3n) is 4.55. The highest BCUT2D eigenvalue weighted by Crippen LogP contribution is 2.27. The maximum atomic E-state index is 13.9. The van der Waals surface area contributed by atoms with Crippen LogP contribution in [0.1, 0.15) is 43.1 Å². The van der Waals surface area contributed by atoms with Gasteiger partial charge in [-0.3, -0.25) is 5.10 Å². The van der Waals surface area contributed by atoms with Gasteiger partial charge in [-0.05, 0) is 37.8 Å². The predicted molar refractivity (Wildman–Crippen MR) is 89.8 cm³/mol. The number of carbonyl (C=O) groups excluding carboxylic acids is 1. The van der Waals surface area contributed by atoms with Gasteiger partial charge >= 0.3 is 6.03 Å². The number of hydrogen-bond acceptors (Lipinski definition) is 2. The Morgan fingerprint density at radius 2 is 2.21 bits per heavy atom. The van der Waals surface area contributed by atoms with Crippen LogP contribution in [0.4, 0.5) is 9.18 Å². The van der Waals surface area contributed by atoms with Crippen molar-refractivity contribution in [2.75, 3.05) is 0 Å². The molecular formula is C18H23FN4O. The fraction of sp³-hybridized carbons (Fsp3) is 0.444. The number of aryl methyl sites for hydroxylation is 1. The van der Waals surface area contributed by atoms with E-state index >= 15 is 0 Å². The van der Waals surface area contributed by atoms with Crippen molar-refractivity contribution in [1.82, 2.24) is 20.4 Å². The molecule has 0 saturated heterocycles. The first-order chi connectivity index (χ1) is 11.7. The van der Waals surface area contributed by atoms with E-state index in [0.717, 1.165) is 37.1 Å². The summed E-state index contributed by atoms with van der Waals surface area (Å²) < 4.78 is 13.9. The number of urea groups is 1. The molecule has 1 saturated carbocycles. The molecule has 2 amide bonds. The van der Waals surface area contributed by atoms with Crippen molar-refractivity contribution in [2.45, 2.75) is 51.7 Å². The summed E-state index contributed by atoms with van der Waals surface area (Å²) in [5.74, 6) is -0.268. The molecule has 5 nitrogen and oxygen atoms in total. The summed E-state index contributed by atoms with van der Waals surface area (Å²) in [6, 6.07) is 8.61. The Bertz CT molecular complexity index is 696. The van der Waals surface area contributed by atoms with Crippen LogP contribution >= 0.6 is 0 Å². The molecule has 1 aliphatic carbocycles. The third-order valence-corrected chi connectivity index (χ3v) is 4.55.